The molecule has 1 N–H and O–H groups in total. The normalized spacial score (nSPS) is 23.7. The number of anilines is 2. The maximum atomic E-state index is 14.4. The maximum absolute atomic E-state index is 14.4. The van der Waals surface area contributed by atoms with Crippen molar-refractivity contribution in [3.63, 3.8) is 0 Å². The van der Waals surface area contributed by atoms with Gasteiger partial charge in [-0.1, -0.05) is 30.8 Å². The van der Waals surface area contributed by atoms with Crippen molar-refractivity contribution in [2.24, 2.45) is 0 Å². The summed E-state index contributed by atoms with van der Waals surface area (Å²) in [5.41, 5.74) is 3.97. The van der Waals surface area contributed by atoms with Crippen molar-refractivity contribution in [2.75, 3.05) is 29.9 Å². The number of rotatable bonds is 5. The summed E-state index contributed by atoms with van der Waals surface area (Å²) < 4.78 is 42.8. The van der Waals surface area contributed by atoms with Gasteiger partial charge in [-0.3, -0.25) is 4.90 Å². The van der Waals surface area contributed by atoms with Crippen molar-refractivity contribution in [2.45, 2.75) is 56.7 Å². The van der Waals surface area contributed by atoms with E-state index in [9.17, 15) is 13.2 Å². The van der Waals surface area contributed by atoms with Gasteiger partial charge in [-0.25, -0.2) is 4.39 Å². The Morgan fingerprint density at radius 2 is 1.91 bits per heavy atom. The number of aryl methyl sites for hydroxylation is 1. The van der Waals surface area contributed by atoms with Crippen molar-refractivity contribution in [1.29, 1.82) is 0 Å². The van der Waals surface area contributed by atoms with Crippen molar-refractivity contribution in [1.82, 2.24) is 4.90 Å². The molecule has 2 atom stereocenters. The van der Waals surface area contributed by atoms with Crippen molar-refractivity contribution < 1.29 is 13.2 Å². The van der Waals surface area contributed by atoms with E-state index in [4.69, 9.17) is 0 Å². The molecule has 0 saturated carbocycles. The molecule has 0 aromatic heterocycles. The first-order valence-corrected chi connectivity index (χ1v) is 11.6. The number of likely N-dealkylation sites (tertiary alicyclic amines) is 1. The van der Waals surface area contributed by atoms with Gasteiger partial charge in [0.15, 0.2) is 0 Å². The topological polar surface area (TPSA) is 18.5 Å². The molecule has 2 aromatic rings. The quantitative estimate of drug-likeness (QED) is 0.585. The second kappa shape index (κ2) is 8.14. The number of piperidine rings is 1. The first-order valence-electron chi connectivity index (χ1n) is 11.6. The van der Waals surface area contributed by atoms with E-state index in [0.717, 1.165) is 73.9 Å². The highest BCUT2D eigenvalue weighted by atomic mass is 19.3. The monoisotopic (exact) mass is 441 g/mol. The minimum Gasteiger partial charge on any atom is -0.362 e. The number of alkyl halides is 2. The first kappa shape index (κ1) is 21.4. The molecule has 2 aromatic carbocycles. The molecule has 3 nitrogen and oxygen atoms in total. The zero-order chi connectivity index (χ0) is 22.5. The summed E-state index contributed by atoms with van der Waals surface area (Å²) >= 11 is 0. The van der Waals surface area contributed by atoms with E-state index in [0.29, 0.717) is 6.04 Å². The molecule has 0 spiro atoms. The largest absolute Gasteiger partial charge is 0.362 e. The summed E-state index contributed by atoms with van der Waals surface area (Å²) in [6, 6.07) is 10.6. The Labute approximate surface area is 187 Å². The van der Waals surface area contributed by atoms with Crippen LogP contribution >= 0.6 is 0 Å². The lowest BCUT2D eigenvalue weighted by Crippen LogP contribution is -2.51. The summed E-state index contributed by atoms with van der Waals surface area (Å²) in [4.78, 5) is 4.82. The smallest absolute Gasteiger partial charge is 0.291 e. The highest BCUT2D eigenvalue weighted by molar-refractivity contribution is 5.80. The fourth-order valence-electron chi connectivity index (χ4n) is 5.77. The number of hydrogen-bond acceptors (Lipinski definition) is 3. The number of hydrogen-bond donors (Lipinski definition) is 1. The predicted octanol–water partition coefficient (Wildman–Crippen LogP) is 5.88. The zero-order valence-corrected chi connectivity index (χ0v) is 18.5. The van der Waals surface area contributed by atoms with E-state index in [1.54, 1.807) is 18.2 Å². The number of nitrogens with one attached hydrogen (secondary N) is 1. The summed E-state index contributed by atoms with van der Waals surface area (Å²) in [6.45, 7) is 8.11. The second-order valence-electron chi connectivity index (χ2n) is 9.41. The maximum Gasteiger partial charge on any atom is 0.291 e. The lowest BCUT2D eigenvalue weighted by atomic mass is 9.84. The van der Waals surface area contributed by atoms with Crippen LogP contribution < -0.4 is 10.2 Å². The molecule has 3 aliphatic heterocycles. The molecule has 0 bridgehead atoms. The Hall–Kier alpha value is -2.47. The fourth-order valence-corrected chi connectivity index (χ4v) is 5.77. The molecule has 0 amide bonds. The molecule has 170 valence electrons. The van der Waals surface area contributed by atoms with Crippen molar-refractivity contribution >= 4 is 11.4 Å². The number of nitrogens with zero attached hydrogens (tertiary/aromatic N) is 2. The molecule has 0 radical (unpaired) electrons. The highest BCUT2D eigenvalue weighted by Crippen LogP contribution is 2.44. The third kappa shape index (κ3) is 3.68. The second-order valence-corrected chi connectivity index (χ2v) is 9.41. The van der Waals surface area contributed by atoms with E-state index < -0.39 is 5.92 Å². The number of benzene rings is 2. The molecule has 6 heteroatoms. The lowest BCUT2D eigenvalue weighted by Gasteiger charge is -2.41. The van der Waals surface area contributed by atoms with Gasteiger partial charge in [0.1, 0.15) is 12.0 Å². The zero-order valence-electron chi connectivity index (χ0n) is 18.5. The molecular formula is C26H30F3N3. The van der Waals surface area contributed by atoms with Gasteiger partial charge >= 0.3 is 0 Å². The average molecular weight is 442 g/mol. The average Bonchev–Trinajstić information content (AvgIpc) is 3.15. The van der Waals surface area contributed by atoms with E-state index in [1.165, 1.54) is 6.07 Å². The summed E-state index contributed by atoms with van der Waals surface area (Å²) in [7, 11) is 0. The van der Waals surface area contributed by atoms with Gasteiger partial charge in [0, 0.05) is 18.2 Å². The highest BCUT2D eigenvalue weighted by Gasteiger charge is 2.39. The van der Waals surface area contributed by atoms with Crippen LogP contribution in [0.1, 0.15) is 48.8 Å². The standard InChI is InChI=1S/C26H30F3N3/c1-3-26(28,29)22-7-5-4-6-21(22)18-10-12-31(13-11-18)16-24-30-23-15-20(27)14-19-9-8-17(2)32(24)25(19)23/h3-7,14-15,17-18,24,30H,1,8-13,16H2,2H3. The van der Waals surface area contributed by atoms with Crippen LogP contribution in [0.2, 0.25) is 0 Å². The number of allylic oxidation sites excluding steroid dienone is 1. The molecular weight excluding hydrogens is 411 g/mol. The minimum absolute atomic E-state index is 0.0815. The van der Waals surface area contributed by atoms with E-state index in [2.05, 4.69) is 28.6 Å². The Balaban J connectivity index is 1.28. The van der Waals surface area contributed by atoms with Crippen LogP contribution in [0.5, 0.6) is 0 Å². The summed E-state index contributed by atoms with van der Waals surface area (Å²) in [5.74, 6) is -3.07. The van der Waals surface area contributed by atoms with E-state index >= 15 is 0 Å². The summed E-state index contributed by atoms with van der Waals surface area (Å²) in [6.07, 6.45) is 4.46. The SMILES string of the molecule is C=CC(F)(F)c1ccccc1C1CCN(CC2Nc3cc(F)cc4c3N2C(C)CC4)CC1. The van der Waals surface area contributed by atoms with E-state index in [-0.39, 0.29) is 23.5 Å². The van der Waals surface area contributed by atoms with E-state index in [1.807, 2.05) is 12.1 Å². The van der Waals surface area contributed by atoms with Crippen LogP contribution in [0.4, 0.5) is 24.5 Å². The number of halogens is 3. The third-order valence-electron chi connectivity index (χ3n) is 7.41. The molecule has 0 aliphatic carbocycles. The van der Waals surface area contributed by atoms with Gasteiger partial charge in [0.2, 0.25) is 0 Å². The molecule has 1 saturated heterocycles. The molecule has 3 heterocycles. The Kier molecular flexibility index (Phi) is 5.44. The van der Waals surface area contributed by atoms with Gasteiger partial charge in [-0.2, -0.15) is 8.78 Å². The first-order chi connectivity index (χ1) is 15.4. The molecule has 2 unspecified atom stereocenters. The molecule has 5 rings (SSSR count). The minimum atomic E-state index is -3.01. The van der Waals surface area contributed by atoms with Crippen molar-refractivity contribution in [3.8, 4) is 0 Å². The van der Waals surface area contributed by atoms with Crippen molar-refractivity contribution in [3.05, 3.63) is 71.6 Å². The van der Waals surface area contributed by atoms with Crippen LogP contribution in [-0.2, 0) is 12.3 Å². The van der Waals surface area contributed by atoms with Gasteiger partial charge in [0.05, 0.1) is 11.4 Å². The molecule has 3 aliphatic rings. The summed E-state index contributed by atoms with van der Waals surface area (Å²) in [5, 5.41) is 3.55. The predicted molar refractivity (Wildman–Crippen MR) is 123 cm³/mol. The Morgan fingerprint density at radius 3 is 2.66 bits per heavy atom. The van der Waals surface area contributed by atoms with Crippen LogP contribution in [0.25, 0.3) is 0 Å². The molecule has 1 fully saturated rings. The van der Waals surface area contributed by atoms with Crippen LogP contribution in [0.15, 0.2) is 49.1 Å². The lowest BCUT2D eigenvalue weighted by molar-refractivity contribution is 0.0506. The van der Waals surface area contributed by atoms with Gasteiger partial charge < -0.3 is 10.2 Å². The Bertz CT molecular complexity index is 1010. The Morgan fingerprint density at radius 1 is 1.16 bits per heavy atom. The van der Waals surface area contributed by atoms with Crippen LogP contribution in [-0.4, -0.2) is 36.7 Å². The van der Waals surface area contributed by atoms with Gasteiger partial charge in [-0.15, -0.1) is 0 Å². The van der Waals surface area contributed by atoms with Gasteiger partial charge in [0.25, 0.3) is 5.92 Å². The van der Waals surface area contributed by atoms with Crippen LogP contribution in [0.3, 0.4) is 0 Å². The fraction of sp³-hybridized carbons (Fsp3) is 0.462. The van der Waals surface area contributed by atoms with Crippen LogP contribution in [0, 0.1) is 5.82 Å². The van der Waals surface area contributed by atoms with Gasteiger partial charge in [-0.05, 0) is 81.0 Å². The molecule has 32 heavy (non-hydrogen) atoms. The third-order valence-corrected chi connectivity index (χ3v) is 7.41.